The topological polar surface area (TPSA) is 42.0 Å². The Bertz CT molecular complexity index is 1520. The van der Waals surface area contributed by atoms with E-state index in [0.29, 0.717) is 22.4 Å². The van der Waals surface area contributed by atoms with Gasteiger partial charge in [0.05, 0.1) is 15.8 Å². The van der Waals surface area contributed by atoms with E-state index in [0.717, 1.165) is 32.9 Å². The lowest BCUT2D eigenvalue weighted by atomic mass is 9.98. The number of fused-ring (bicyclic) bond motifs is 1. The molecule has 1 aromatic heterocycles. The zero-order valence-corrected chi connectivity index (χ0v) is 19.4. The molecule has 0 radical (unpaired) electrons. The van der Waals surface area contributed by atoms with Crippen LogP contribution in [0.2, 0.25) is 0 Å². The van der Waals surface area contributed by atoms with Gasteiger partial charge in [-0.05, 0) is 78.2 Å². The van der Waals surface area contributed by atoms with E-state index in [-0.39, 0.29) is 5.91 Å². The number of aromatic nitrogens is 1. The Morgan fingerprint density at radius 1 is 0.857 bits per heavy atom. The summed E-state index contributed by atoms with van der Waals surface area (Å²) in [6.45, 7) is 2.05. The number of halogens is 3. The van der Waals surface area contributed by atoms with E-state index in [9.17, 15) is 18.0 Å². The van der Waals surface area contributed by atoms with Crippen molar-refractivity contribution in [2.45, 2.75) is 13.1 Å². The molecule has 0 spiro atoms. The number of benzene rings is 4. The fourth-order valence-electron chi connectivity index (χ4n) is 3.82. The van der Waals surface area contributed by atoms with E-state index in [2.05, 4.69) is 16.4 Å². The van der Waals surface area contributed by atoms with Gasteiger partial charge < -0.3 is 5.32 Å². The second-order valence-corrected chi connectivity index (χ2v) is 9.17. The molecule has 0 aliphatic rings. The molecule has 35 heavy (non-hydrogen) atoms. The third-order valence-electron chi connectivity index (χ3n) is 5.63. The summed E-state index contributed by atoms with van der Waals surface area (Å²) in [5.41, 5.74) is 4.43. The fraction of sp³-hybridized carbons (Fsp3) is 0.0714. The van der Waals surface area contributed by atoms with E-state index in [1.165, 1.54) is 17.7 Å². The number of thiazole rings is 1. The van der Waals surface area contributed by atoms with Gasteiger partial charge in [-0.3, -0.25) is 4.79 Å². The molecule has 4 aromatic carbocycles. The monoisotopic (exact) mass is 488 g/mol. The molecule has 0 unspecified atom stereocenters. The summed E-state index contributed by atoms with van der Waals surface area (Å²) in [5.74, 6) is -0.344. The van der Waals surface area contributed by atoms with Crippen LogP contribution in [-0.4, -0.2) is 10.9 Å². The highest BCUT2D eigenvalue weighted by Crippen LogP contribution is 2.33. The predicted molar refractivity (Wildman–Crippen MR) is 135 cm³/mol. The number of carbonyl (C=O) groups is 1. The van der Waals surface area contributed by atoms with Crippen LogP contribution in [0.3, 0.4) is 0 Å². The highest BCUT2D eigenvalue weighted by Gasteiger charge is 2.30. The number of alkyl halides is 3. The van der Waals surface area contributed by atoms with Crippen molar-refractivity contribution in [1.82, 2.24) is 4.98 Å². The highest BCUT2D eigenvalue weighted by atomic mass is 32.1. The van der Waals surface area contributed by atoms with Crippen LogP contribution in [0.15, 0.2) is 91.0 Å². The zero-order valence-electron chi connectivity index (χ0n) is 18.6. The Kier molecular flexibility index (Phi) is 5.86. The summed E-state index contributed by atoms with van der Waals surface area (Å²) in [7, 11) is 0. The number of carbonyl (C=O) groups excluding carboxylic acids is 1. The Balaban J connectivity index is 1.36. The van der Waals surface area contributed by atoms with E-state index >= 15 is 0 Å². The minimum atomic E-state index is -4.41. The van der Waals surface area contributed by atoms with Gasteiger partial charge in [-0.25, -0.2) is 4.98 Å². The smallest absolute Gasteiger partial charge is 0.322 e. The van der Waals surface area contributed by atoms with Crippen molar-refractivity contribution in [3.8, 4) is 21.7 Å². The van der Waals surface area contributed by atoms with Crippen molar-refractivity contribution >= 4 is 33.1 Å². The molecule has 7 heteroatoms. The number of amides is 1. The lowest BCUT2D eigenvalue weighted by Gasteiger charge is -2.12. The van der Waals surface area contributed by atoms with Crippen molar-refractivity contribution in [2.24, 2.45) is 0 Å². The standard InChI is InChI=1S/C28H19F3N2OS/c1-17-6-15-24-25(16-17)35-27(33-24)19-9-13-21(14-10-19)32-26(34)23-5-3-2-4-22(23)18-7-11-20(12-8-18)28(29,30)31/h2-16H,1H3,(H,32,34). The summed E-state index contributed by atoms with van der Waals surface area (Å²) in [6.07, 6.45) is -4.41. The highest BCUT2D eigenvalue weighted by molar-refractivity contribution is 7.21. The summed E-state index contributed by atoms with van der Waals surface area (Å²) in [6, 6.07) is 25.2. The van der Waals surface area contributed by atoms with Crippen LogP contribution in [0.5, 0.6) is 0 Å². The van der Waals surface area contributed by atoms with E-state index < -0.39 is 11.7 Å². The Morgan fingerprint density at radius 3 is 2.26 bits per heavy atom. The summed E-state index contributed by atoms with van der Waals surface area (Å²) < 4.78 is 39.9. The SMILES string of the molecule is Cc1ccc2nc(-c3ccc(NC(=O)c4ccccc4-c4ccc(C(F)(F)F)cc4)cc3)sc2c1. The van der Waals surface area contributed by atoms with Crippen molar-refractivity contribution in [3.05, 3.63) is 108 Å². The van der Waals surface area contributed by atoms with Crippen molar-refractivity contribution in [1.29, 1.82) is 0 Å². The van der Waals surface area contributed by atoms with E-state index in [1.54, 1.807) is 35.6 Å². The number of rotatable bonds is 4. The van der Waals surface area contributed by atoms with Crippen molar-refractivity contribution in [2.75, 3.05) is 5.32 Å². The minimum Gasteiger partial charge on any atom is -0.322 e. The summed E-state index contributed by atoms with van der Waals surface area (Å²) >= 11 is 1.61. The van der Waals surface area contributed by atoms with Crippen molar-refractivity contribution < 1.29 is 18.0 Å². The third-order valence-corrected chi connectivity index (χ3v) is 6.70. The van der Waals surface area contributed by atoms with Crippen molar-refractivity contribution in [3.63, 3.8) is 0 Å². The molecule has 1 heterocycles. The molecule has 3 nitrogen and oxygen atoms in total. The second-order valence-electron chi connectivity index (χ2n) is 8.14. The molecular formula is C28H19F3N2OS. The van der Waals surface area contributed by atoms with Gasteiger partial charge in [0.25, 0.3) is 5.91 Å². The molecule has 0 bridgehead atoms. The first-order valence-corrected chi connectivity index (χ1v) is 11.7. The first-order valence-electron chi connectivity index (χ1n) is 10.8. The molecule has 0 aliphatic heterocycles. The van der Waals surface area contributed by atoms with Crippen LogP contribution in [0.1, 0.15) is 21.5 Å². The van der Waals surface area contributed by atoms with Gasteiger partial charge in [0.1, 0.15) is 5.01 Å². The average Bonchev–Trinajstić information content (AvgIpc) is 3.27. The molecule has 0 fully saturated rings. The molecule has 0 atom stereocenters. The largest absolute Gasteiger partial charge is 0.416 e. The number of hydrogen-bond acceptors (Lipinski definition) is 3. The molecule has 1 amide bonds. The number of nitrogens with zero attached hydrogens (tertiary/aromatic N) is 1. The quantitative estimate of drug-likeness (QED) is 0.277. The first-order chi connectivity index (χ1) is 16.8. The van der Waals surface area contributed by atoms with Crippen LogP contribution in [0.4, 0.5) is 18.9 Å². The lowest BCUT2D eigenvalue weighted by molar-refractivity contribution is -0.137. The van der Waals surface area contributed by atoms with Crippen LogP contribution >= 0.6 is 11.3 Å². The number of hydrogen-bond donors (Lipinski definition) is 1. The third kappa shape index (κ3) is 4.81. The molecule has 0 saturated heterocycles. The molecule has 5 aromatic rings. The first kappa shape index (κ1) is 22.8. The second kappa shape index (κ2) is 9.00. The number of aryl methyl sites for hydroxylation is 1. The molecule has 0 aliphatic carbocycles. The van der Waals surface area contributed by atoms with Crippen LogP contribution < -0.4 is 5.32 Å². The summed E-state index contributed by atoms with van der Waals surface area (Å²) in [5, 5.41) is 3.78. The van der Waals surface area contributed by atoms with Gasteiger partial charge in [0, 0.05) is 16.8 Å². The maximum Gasteiger partial charge on any atom is 0.416 e. The normalized spacial score (nSPS) is 11.5. The Morgan fingerprint density at radius 2 is 1.54 bits per heavy atom. The average molecular weight is 489 g/mol. The fourth-order valence-corrected chi connectivity index (χ4v) is 4.89. The van der Waals surface area contributed by atoms with E-state index in [1.807, 2.05) is 43.3 Å². The number of nitrogens with one attached hydrogen (secondary N) is 1. The minimum absolute atomic E-state index is 0.344. The predicted octanol–water partition coefficient (Wildman–Crippen LogP) is 8.21. The van der Waals surface area contributed by atoms with Gasteiger partial charge in [-0.1, -0.05) is 36.4 Å². The van der Waals surface area contributed by atoms with Gasteiger partial charge in [0.15, 0.2) is 0 Å². The maximum absolute atomic E-state index is 13.0. The number of anilines is 1. The van der Waals surface area contributed by atoms with Gasteiger partial charge >= 0.3 is 6.18 Å². The van der Waals surface area contributed by atoms with E-state index in [4.69, 9.17) is 0 Å². The Labute approximate surface area is 203 Å². The van der Waals surface area contributed by atoms with Gasteiger partial charge in [0.2, 0.25) is 0 Å². The molecule has 1 N–H and O–H groups in total. The summed E-state index contributed by atoms with van der Waals surface area (Å²) in [4.78, 5) is 17.7. The Hall–Kier alpha value is -3.97. The molecule has 174 valence electrons. The molecular weight excluding hydrogens is 469 g/mol. The lowest BCUT2D eigenvalue weighted by Crippen LogP contribution is -2.13. The molecule has 0 saturated carbocycles. The van der Waals surface area contributed by atoms with Gasteiger partial charge in [-0.15, -0.1) is 11.3 Å². The van der Waals surface area contributed by atoms with Gasteiger partial charge in [-0.2, -0.15) is 13.2 Å². The maximum atomic E-state index is 13.0. The van der Waals surface area contributed by atoms with Crippen LogP contribution in [0, 0.1) is 6.92 Å². The van der Waals surface area contributed by atoms with Crippen LogP contribution in [-0.2, 0) is 6.18 Å². The van der Waals surface area contributed by atoms with Crippen LogP contribution in [0.25, 0.3) is 31.9 Å². The zero-order chi connectivity index (χ0) is 24.6. The molecule has 5 rings (SSSR count).